The Balaban J connectivity index is 1.88. The molecule has 0 unspecified atom stereocenters. The van der Waals surface area contributed by atoms with Crippen LogP contribution in [0.15, 0.2) is 48.7 Å². The van der Waals surface area contributed by atoms with Crippen LogP contribution in [0, 0.1) is 15.3 Å². The molecule has 0 radical (unpaired) electrons. The Morgan fingerprint density at radius 3 is 2.68 bits per heavy atom. The van der Waals surface area contributed by atoms with E-state index in [4.69, 9.17) is 4.74 Å². The van der Waals surface area contributed by atoms with Gasteiger partial charge in [-0.3, -0.25) is 15.0 Å². The minimum Gasteiger partial charge on any atom is -0.711 e. The molecule has 1 aromatic carbocycles. The molecule has 0 bridgehead atoms. The topological polar surface area (TPSA) is 82.5 Å². The zero-order valence-corrected chi connectivity index (χ0v) is 12.2. The third-order valence-electron chi connectivity index (χ3n) is 3.14. The van der Waals surface area contributed by atoms with Crippen molar-refractivity contribution in [2.75, 3.05) is 25.1 Å². The number of hydrogen-bond donors (Lipinski definition) is 0. The maximum Gasteiger partial charge on any atom is 0.286 e. The third-order valence-corrected chi connectivity index (χ3v) is 3.14. The number of rotatable bonds is 7. The second-order valence-electron chi connectivity index (χ2n) is 4.76. The van der Waals surface area contributed by atoms with Crippen molar-refractivity contribution in [1.82, 2.24) is 0 Å². The van der Waals surface area contributed by atoms with Gasteiger partial charge in [0.25, 0.3) is 11.5 Å². The molecule has 0 atom stereocenters. The lowest BCUT2D eigenvalue weighted by Crippen LogP contribution is -2.36. The van der Waals surface area contributed by atoms with Crippen molar-refractivity contribution in [3.63, 3.8) is 0 Å². The summed E-state index contributed by atoms with van der Waals surface area (Å²) in [4.78, 5) is 11.9. The van der Waals surface area contributed by atoms with E-state index in [0.29, 0.717) is 24.3 Å². The first-order valence-corrected chi connectivity index (χ1v) is 6.84. The number of anilines is 1. The Kier molecular flexibility index (Phi) is 5.13. The highest BCUT2D eigenvalue weighted by molar-refractivity contribution is 5.42. The van der Waals surface area contributed by atoms with Crippen LogP contribution in [0.25, 0.3) is 0 Å². The number of aromatic nitrogens is 1. The first-order valence-electron chi connectivity index (χ1n) is 6.84. The maximum absolute atomic E-state index is 11.7. The summed E-state index contributed by atoms with van der Waals surface area (Å²) in [6.45, 7) is 1.05. The van der Waals surface area contributed by atoms with Crippen molar-refractivity contribution in [2.24, 2.45) is 0 Å². The highest BCUT2D eigenvalue weighted by atomic mass is 16.6. The lowest BCUT2D eigenvalue weighted by molar-refractivity contribution is -0.592. The number of nitro groups is 1. The predicted molar refractivity (Wildman–Crippen MR) is 81.9 cm³/mol. The number of benzene rings is 1. The minimum atomic E-state index is -0.518. The van der Waals surface area contributed by atoms with Crippen LogP contribution < -0.4 is 14.4 Å². The van der Waals surface area contributed by atoms with Gasteiger partial charge >= 0.3 is 0 Å². The maximum atomic E-state index is 11.7. The Morgan fingerprint density at radius 2 is 2.00 bits per heavy atom. The second-order valence-corrected chi connectivity index (χ2v) is 4.76. The minimum absolute atomic E-state index is 0.102. The van der Waals surface area contributed by atoms with Crippen molar-refractivity contribution in [1.29, 1.82) is 0 Å². The molecule has 0 saturated carbocycles. The monoisotopic (exact) mass is 303 g/mol. The number of para-hydroxylation sites is 1. The summed E-state index contributed by atoms with van der Waals surface area (Å²) >= 11 is 0. The van der Waals surface area contributed by atoms with E-state index in [2.05, 4.69) is 0 Å². The van der Waals surface area contributed by atoms with Gasteiger partial charge in [0.1, 0.15) is 18.0 Å². The third kappa shape index (κ3) is 4.08. The van der Waals surface area contributed by atoms with Crippen molar-refractivity contribution in [3.05, 3.63) is 64.0 Å². The SMILES string of the molecule is CN(CCCOc1ccccc1)c1cc([N+](=O)[O-])cc[n+]1[O-]. The normalized spacial score (nSPS) is 10.2. The van der Waals surface area contributed by atoms with Gasteiger partial charge in [-0.1, -0.05) is 18.2 Å². The van der Waals surface area contributed by atoms with Gasteiger partial charge in [-0.15, -0.1) is 0 Å². The summed E-state index contributed by atoms with van der Waals surface area (Å²) in [5.41, 5.74) is -0.102. The fourth-order valence-electron chi connectivity index (χ4n) is 1.98. The summed E-state index contributed by atoms with van der Waals surface area (Å²) < 4.78 is 6.18. The average molecular weight is 303 g/mol. The van der Waals surface area contributed by atoms with E-state index >= 15 is 0 Å². The zero-order valence-electron chi connectivity index (χ0n) is 12.2. The van der Waals surface area contributed by atoms with Gasteiger partial charge < -0.3 is 9.94 Å². The second kappa shape index (κ2) is 7.26. The Labute approximate surface area is 128 Å². The first kappa shape index (κ1) is 15.6. The summed E-state index contributed by atoms with van der Waals surface area (Å²) in [5, 5.41) is 22.5. The van der Waals surface area contributed by atoms with Gasteiger partial charge in [0.05, 0.1) is 31.2 Å². The molecule has 0 aliphatic heterocycles. The molecular weight excluding hydrogens is 286 g/mol. The van der Waals surface area contributed by atoms with E-state index in [9.17, 15) is 15.3 Å². The molecule has 0 aliphatic rings. The Morgan fingerprint density at radius 1 is 1.27 bits per heavy atom. The largest absolute Gasteiger partial charge is 0.711 e. The van der Waals surface area contributed by atoms with E-state index in [-0.39, 0.29) is 11.5 Å². The van der Waals surface area contributed by atoms with Crippen molar-refractivity contribution < 1.29 is 14.4 Å². The molecule has 0 fully saturated rings. The van der Waals surface area contributed by atoms with Crippen LogP contribution in [-0.4, -0.2) is 25.1 Å². The molecule has 0 aliphatic carbocycles. The molecule has 0 saturated heterocycles. The lowest BCUT2D eigenvalue weighted by atomic mass is 10.3. The molecule has 1 aromatic heterocycles. The molecule has 2 rings (SSSR count). The number of nitrogens with zero attached hydrogens (tertiary/aromatic N) is 3. The highest BCUT2D eigenvalue weighted by Gasteiger charge is 2.17. The average Bonchev–Trinajstić information content (AvgIpc) is 2.52. The van der Waals surface area contributed by atoms with Crippen LogP contribution in [0.5, 0.6) is 5.75 Å². The Hall–Kier alpha value is -2.83. The standard InChI is InChI=1S/C15H17N3O4/c1-16(9-5-11-22-14-6-3-2-4-7-14)15-12-13(18(20)21)8-10-17(15)19/h2-4,6-8,10,12H,5,9,11H2,1H3. The quantitative estimate of drug-likeness (QED) is 0.257. The highest BCUT2D eigenvalue weighted by Crippen LogP contribution is 2.16. The van der Waals surface area contributed by atoms with E-state index in [1.807, 2.05) is 30.3 Å². The van der Waals surface area contributed by atoms with E-state index < -0.39 is 4.92 Å². The molecule has 0 amide bonds. The van der Waals surface area contributed by atoms with Crippen LogP contribution in [-0.2, 0) is 0 Å². The summed E-state index contributed by atoms with van der Waals surface area (Å²) in [6.07, 6.45) is 1.83. The lowest BCUT2D eigenvalue weighted by Gasteiger charge is -2.16. The van der Waals surface area contributed by atoms with Crippen LogP contribution in [0.2, 0.25) is 0 Å². The Bertz CT molecular complexity index is 634. The van der Waals surface area contributed by atoms with E-state index in [1.54, 1.807) is 11.9 Å². The fraction of sp³-hybridized carbons (Fsp3) is 0.267. The summed E-state index contributed by atoms with van der Waals surface area (Å²) in [7, 11) is 1.72. The van der Waals surface area contributed by atoms with Gasteiger partial charge in [-0.25, -0.2) is 4.73 Å². The van der Waals surface area contributed by atoms with Crippen LogP contribution in [0.4, 0.5) is 11.5 Å². The van der Waals surface area contributed by atoms with Gasteiger partial charge in [0.2, 0.25) is 0 Å². The molecule has 0 N–H and O–H groups in total. The van der Waals surface area contributed by atoms with Crippen LogP contribution in [0.3, 0.4) is 0 Å². The smallest absolute Gasteiger partial charge is 0.286 e. The van der Waals surface area contributed by atoms with Gasteiger partial charge in [0, 0.05) is 6.42 Å². The van der Waals surface area contributed by atoms with Crippen molar-refractivity contribution in [3.8, 4) is 5.75 Å². The van der Waals surface area contributed by atoms with Gasteiger partial charge in [0.15, 0.2) is 0 Å². The molecular formula is C15H17N3O4. The predicted octanol–water partition coefficient (Wildman–Crippen LogP) is 2.13. The molecule has 2 aromatic rings. The van der Waals surface area contributed by atoms with Gasteiger partial charge in [-0.05, 0) is 12.1 Å². The molecule has 7 heteroatoms. The van der Waals surface area contributed by atoms with Crippen LogP contribution >= 0.6 is 0 Å². The molecule has 116 valence electrons. The number of hydrogen-bond acceptors (Lipinski definition) is 5. The van der Waals surface area contributed by atoms with E-state index in [0.717, 1.165) is 11.9 Å². The first-order chi connectivity index (χ1) is 10.6. The van der Waals surface area contributed by atoms with Crippen molar-refractivity contribution >= 4 is 11.5 Å². The fourth-order valence-corrected chi connectivity index (χ4v) is 1.98. The molecule has 1 heterocycles. The van der Waals surface area contributed by atoms with E-state index in [1.165, 1.54) is 12.1 Å². The summed E-state index contributed by atoms with van der Waals surface area (Å²) in [5.74, 6) is 1.04. The van der Waals surface area contributed by atoms with Crippen LogP contribution in [0.1, 0.15) is 6.42 Å². The zero-order chi connectivity index (χ0) is 15.9. The van der Waals surface area contributed by atoms with Gasteiger partial charge in [-0.2, -0.15) is 0 Å². The number of pyridine rings is 1. The molecule has 0 spiro atoms. The number of ether oxygens (including phenoxy) is 1. The van der Waals surface area contributed by atoms with Crippen molar-refractivity contribution in [2.45, 2.75) is 6.42 Å². The molecule has 22 heavy (non-hydrogen) atoms. The summed E-state index contributed by atoms with van der Waals surface area (Å²) in [6, 6.07) is 11.9. The molecule has 7 nitrogen and oxygen atoms in total.